The second-order valence-electron chi connectivity index (χ2n) is 7.64. The van der Waals surface area contributed by atoms with E-state index in [0.717, 1.165) is 44.7 Å². The molecule has 5 heteroatoms. The molecule has 2 aliphatic rings. The van der Waals surface area contributed by atoms with Gasteiger partial charge in [-0.1, -0.05) is 60.7 Å². The summed E-state index contributed by atoms with van der Waals surface area (Å²) in [6, 6.07) is 20.2. The molecule has 0 spiro atoms. The average Bonchev–Trinajstić information content (AvgIpc) is 3.02. The van der Waals surface area contributed by atoms with Crippen LogP contribution in [0.4, 0.5) is 0 Å². The fourth-order valence-electron chi connectivity index (χ4n) is 4.15. The lowest BCUT2D eigenvalue weighted by Crippen LogP contribution is -2.52. The van der Waals surface area contributed by atoms with E-state index in [4.69, 9.17) is 0 Å². The van der Waals surface area contributed by atoms with Crippen molar-refractivity contribution in [3.8, 4) is 0 Å². The third kappa shape index (κ3) is 4.32. The molecular weight excluding hydrogens is 350 g/mol. The van der Waals surface area contributed by atoms with E-state index in [1.54, 1.807) is 0 Å². The molecule has 146 valence electrons. The molecule has 0 N–H and O–H groups in total. The van der Waals surface area contributed by atoms with Crippen LogP contribution in [-0.2, 0) is 22.6 Å². The molecule has 28 heavy (non-hydrogen) atoms. The van der Waals surface area contributed by atoms with Crippen molar-refractivity contribution in [2.45, 2.75) is 25.4 Å². The molecule has 0 aliphatic carbocycles. The van der Waals surface area contributed by atoms with Gasteiger partial charge in [-0.2, -0.15) is 0 Å². The SMILES string of the molecule is O=C1C[C@@H](N2CCN(Cc3ccccc3)CC2)C(=O)N1CCc1ccccc1. The van der Waals surface area contributed by atoms with E-state index in [1.165, 1.54) is 10.5 Å². The maximum absolute atomic E-state index is 12.9. The van der Waals surface area contributed by atoms with Gasteiger partial charge in [0, 0.05) is 39.3 Å². The van der Waals surface area contributed by atoms with Crippen molar-refractivity contribution in [2.75, 3.05) is 32.7 Å². The minimum atomic E-state index is -0.276. The number of benzene rings is 2. The highest BCUT2D eigenvalue weighted by Crippen LogP contribution is 2.21. The summed E-state index contributed by atoms with van der Waals surface area (Å²) in [7, 11) is 0. The molecule has 0 saturated carbocycles. The maximum Gasteiger partial charge on any atom is 0.247 e. The summed E-state index contributed by atoms with van der Waals surface area (Å²) in [5.41, 5.74) is 2.47. The van der Waals surface area contributed by atoms with Crippen LogP contribution in [0.25, 0.3) is 0 Å². The number of rotatable bonds is 6. The molecule has 2 amide bonds. The van der Waals surface area contributed by atoms with Gasteiger partial charge in [0.05, 0.1) is 12.5 Å². The van der Waals surface area contributed by atoms with E-state index in [-0.39, 0.29) is 17.9 Å². The number of hydrogen-bond acceptors (Lipinski definition) is 4. The smallest absolute Gasteiger partial charge is 0.247 e. The van der Waals surface area contributed by atoms with E-state index in [9.17, 15) is 9.59 Å². The Bertz CT molecular complexity index is 801. The zero-order valence-corrected chi connectivity index (χ0v) is 16.2. The lowest BCUT2D eigenvalue weighted by molar-refractivity contribution is -0.139. The average molecular weight is 377 g/mol. The van der Waals surface area contributed by atoms with Crippen molar-refractivity contribution in [2.24, 2.45) is 0 Å². The summed E-state index contributed by atoms with van der Waals surface area (Å²) in [5.74, 6) is -0.0462. The first-order valence-electron chi connectivity index (χ1n) is 10.1. The Hall–Kier alpha value is -2.50. The predicted molar refractivity (Wildman–Crippen MR) is 109 cm³/mol. The highest BCUT2D eigenvalue weighted by molar-refractivity contribution is 6.05. The number of hydrogen-bond donors (Lipinski definition) is 0. The lowest BCUT2D eigenvalue weighted by Gasteiger charge is -2.37. The fourth-order valence-corrected chi connectivity index (χ4v) is 4.15. The second kappa shape index (κ2) is 8.67. The van der Waals surface area contributed by atoms with Crippen LogP contribution >= 0.6 is 0 Å². The normalized spacial score (nSPS) is 21.4. The van der Waals surface area contributed by atoms with Gasteiger partial charge in [0.1, 0.15) is 0 Å². The zero-order chi connectivity index (χ0) is 19.3. The first-order chi connectivity index (χ1) is 13.7. The Morgan fingerprint density at radius 1 is 0.786 bits per heavy atom. The van der Waals surface area contributed by atoms with Crippen LogP contribution in [0.2, 0.25) is 0 Å². The third-order valence-electron chi connectivity index (χ3n) is 5.78. The highest BCUT2D eigenvalue weighted by Gasteiger charge is 2.42. The summed E-state index contributed by atoms with van der Waals surface area (Å²) in [5, 5.41) is 0. The van der Waals surface area contributed by atoms with Crippen LogP contribution < -0.4 is 0 Å². The van der Waals surface area contributed by atoms with Gasteiger partial charge in [-0.3, -0.25) is 24.3 Å². The zero-order valence-electron chi connectivity index (χ0n) is 16.2. The minimum absolute atomic E-state index is 0.0163. The molecule has 2 heterocycles. The first kappa shape index (κ1) is 18.8. The summed E-state index contributed by atoms with van der Waals surface area (Å²) in [6.07, 6.45) is 1.04. The molecule has 2 aromatic rings. The van der Waals surface area contributed by atoms with Crippen LogP contribution in [0.5, 0.6) is 0 Å². The molecule has 1 atom stereocenters. The van der Waals surface area contributed by atoms with Crippen molar-refractivity contribution < 1.29 is 9.59 Å². The standard InChI is InChI=1S/C23H27N3O2/c27-22-17-21(23(28)26(22)12-11-19-7-3-1-4-8-19)25-15-13-24(14-16-25)18-20-9-5-2-6-10-20/h1-10,21H,11-18H2/t21-/m1/s1. The molecule has 0 unspecified atom stereocenters. The van der Waals surface area contributed by atoms with Crippen molar-refractivity contribution in [3.63, 3.8) is 0 Å². The Kier molecular flexibility index (Phi) is 5.84. The van der Waals surface area contributed by atoms with Gasteiger partial charge in [-0.25, -0.2) is 0 Å². The van der Waals surface area contributed by atoms with Crippen molar-refractivity contribution in [3.05, 3.63) is 71.8 Å². The first-order valence-corrected chi connectivity index (χ1v) is 10.1. The van der Waals surface area contributed by atoms with Crippen LogP contribution in [0, 0.1) is 0 Å². The molecular formula is C23H27N3O2. The van der Waals surface area contributed by atoms with Crippen LogP contribution in [0.3, 0.4) is 0 Å². The summed E-state index contributed by atoms with van der Waals surface area (Å²) < 4.78 is 0. The highest BCUT2D eigenvalue weighted by atomic mass is 16.2. The molecule has 0 bridgehead atoms. The summed E-state index contributed by atoms with van der Waals surface area (Å²) in [4.78, 5) is 31.4. The minimum Gasteiger partial charge on any atom is -0.297 e. The molecule has 2 fully saturated rings. The number of likely N-dealkylation sites (tertiary alicyclic amines) is 1. The fraction of sp³-hybridized carbons (Fsp3) is 0.391. The predicted octanol–water partition coefficient (Wildman–Crippen LogP) is 2.17. The molecule has 2 aromatic carbocycles. The van der Waals surface area contributed by atoms with E-state index in [2.05, 4.69) is 34.1 Å². The number of imide groups is 1. The van der Waals surface area contributed by atoms with Gasteiger partial charge in [0.15, 0.2) is 0 Å². The number of piperazine rings is 1. The molecule has 4 rings (SSSR count). The van der Waals surface area contributed by atoms with Gasteiger partial charge < -0.3 is 0 Å². The van der Waals surface area contributed by atoms with E-state index in [1.807, 2.05) is 36.4 Å². The van der Waals surface area contributed by atoms with Gasteiger partial charge in [-0.05, 0) is 17.5 Å². The molecule has 5 nitrogen and oxygen atoms in total. The molecule has 0 radical (unpaired) electrons. The van der Waals surface area contributed by atoms with Gasteiger partial charge in [-0.15, -0.1) is 0 Å². The second-order valence-corrected chi connectivity index (χ2v) is 7.64. The van der Waals surface area contributed by atoms with Crippen molar-refractivity contribution >= 4 is 11.8 Å². The Balaban J connectivity index is 1.29. The topological polar surface area (TPSA) is 43.9 Å². The number of amides is 2. The van der Waals surface area contributed by atoms with Crippen LogP contribution in [-0.4, -0.2) is 65.3 Å². The van der Waals surface area contributed by atoms with E-state index < -0.39 is 0 Å². The quantitative estimate of drug-likeness (QED) is 0.724. The van der Waals surface area contributed by atoms with Crippen molar-refractivity contribution in [1.29, 1.82) is 0 Å². The van der Waals surface area contributed by atoms with Crippen LogP contribution in [0.15, 0.2) is 60.7 Å². The molecule has 0 aromatic heterocycles. The Labute approximate surface area is 166 Å². The summed E-state index contributed by atoms with van der Waals surface area (Å²) in [6.45, 7) is 4.95. The Morgan fingerprint density at radius 3 is 2.04 bits per heavy atom. The third-order valence-corrected chi connectivity index (χ3v) is 5.78. The summed E-state index contributed by atoms with van der Waals surface area (Å²) >= 11 is 0. The van der Waals surface area contributed by atoms with Crippen LogP contribution in [0.1, 0.15) is 17.5 Å². The monoisotopic (exact) mass is 377 g/mol. The largest absolute Gasteiger partial charge is 0.297 e. The van der Waals surface area contributed by atoms with Crippen molar-refractivity contribution in [1.82, 2.24) is 14.7 Å². The van der Waals surface area contributed by atoms with Gasteiger partial charge in [0.2, 0.25) is 11.8 Å². The van der Waals surface area contributed by atoms with E-state index >= 15 is 0 Å². The number of nitrogens with zero attached hydrogens (tertiary/aromatic N) is 3. The molecule has 2 aliphatic heterocycles. The lowest BCUT2D eigenvalue weighted by atomic mass is 10.1. The maximum atomic E-state index is 12.9. The van der Waals surface area contributed by atoms with Gasteiger partial charge >= 0.3 is 0 Å². The van der Waals surface area contributed by atoms with E-state index in [0.29, 0.717) is 13.0 Å². The number of carbonyl (C=O) groups excluding carboxylic acids is 2. The van der Waals surface area contributed by atoms with Gasteiger partial charge in [0.25, 0.3) is 0 Å². The number of carbonyl (C=O) groups is 2. The molecule has 2 saturated heterocycles. The Morgan fingerprint density at radius 2 is 1.39 bits per heavy atom.